The van der Waals surface area contributed by atoms with Gasteiger partial charge in [-0.2, -0.15) is 0 Å². The number of aryl methyl sites for hydroxylation is 1. The standard InChI is InChI=1S/C22H24BrFN2O2S.C3H8O/c1-14(2)29-19-6-4-17(25-20(19)23)21(27)26-11-9-22(10-12-26)8-7-15-13-16(24)3-5-18(15)28-22;1-3(2)4/h3-6,13-14H,7-12H2,1-2H3;3-4H,1-2H3. The largest absolute Gasteiger partial charge is 0.487 e. The van der Waals surface area contributed by atoms with Crippen molar-refractivity contribution < 1.29 is 19.0 Å². The number of piperidine rings is 1. The molecule has 1 spiro atoms. The second kappa shape index (κ2) is 11.2. The Morgan fingerprint density at radius 2 is 1.85 bits per heavy atom. The van der Waals surface area contributed by atoms with E-state index in [1.54, 1.807) is 37.7 Å². The summed E-state index contributed by atoms with van der Waals surface area (Å²) in [6.07, 6.45) is 3.05. The number of aromatic nitrogens is 1. The number of aliphatic hydroxyl groups is 1. The molecule has 1 aromatic heterocycles. The smallest absolute Gasteiger partial charge is 0.272 e. The van der Waals surface area contributed by atoms with Crippen molar-refractivity contribution in [2.45, 2.75) is 75.2 Å². The Kier molecular flexibility index (Phi) is 8.81. The Balaban J connectivity index is 0.000000709. The van der Waals surface area contributed by atoms with Crippen LogP contribution in [0.1, 0.15) is 63.0 Å². The molecular formula is C25H32BrFN2O3S. The van der Waals surface area contributed by atoms with Crippen LogP contribution in [0.15, 0.2) is 39.8 Å². The van der Waals surface area contributed by atoms with Gasteiger partial charge in [0.2, 0.25) is 0 Å². The number of amides is 1. The Labute approximate surface area is 208 Å². The SMILES string of the molecule is CC(C)O.CC(C)Sc1ccc(C(=O)N2CCC3(CCc4cc(F)ccc4O3)CC2)nc1Br. The molecule has 0 atom stereocenters. The third-order valence-corrected chi connectivity index (χ3v) is 7.48. The van der Waals surface area contributed by atoms with E-state index < -0.39 is 0 Å². The lowest BCUT2D eigenvalue weighted by Crippen LogP contribution is -2.51. The molecule has 0 radical (unpaired) electrons. The lowest BCUT2D eigenvalue weighted by atomic mass is 9.83. The number of rotatable bonds is 3. The van der Waals surface area contributed by atoms with Crippen molar-refractivity contribution in [1.82, 2.24) is 9.88 Å². The van der Waals surface area contributed by atoms with Crippen LogP contribution >= 0.6 is 27.7 Å². The number of hydrogen-bond donors (Lipinski definition) is 1. The molecular weight excluding hydrogens is 507 g/mol. The van der Waals surface area contributed by atoms with E-state index in [9.17, 15) is 9.18 Å². The highest BCUT2D eigenvalue weighted by atomic mass is 79.9. The van der Waals surface area contributed by atoms with E-state index in [-0.39, 0.29) is 23.4 Å². The molecule has 0 saturated carbocycles. The molecule has 1 fully saturated rings. The number of fused-ring (bicyclic) bond motifs is 1. The van der Waals surface area contributed by atoms with E-state index in [0.717, 1.165) is 46.5 Å². The van der Waals surface area contributed by atoms with Crippen LogP contribution in [-0.2, 0) is 6.42 Å². The highest BCUT2D eigenvalue weighted by Gasteiger charge is 2.40. The van der Waals surface area contributed by atoms with Crippen molar-refractivity contribution in [1.29, 1.82) is 0 Å². The second-order valence-corrected chi connectivity index (χ2v) is 11.4. The zero-order valence-corrected chi connectivity index (χ0v) is 22.0. The molecule has 8 heteroatoms. The van der Waals surface area contributed by atoms with E-state index in [0.29, 0.717) is 24.0 Å². The number of ether oxygens (including phenoxy) is 1. The average Bonchev–Trinajstić information content (AvgIpc) is 2.75. The minimum absolute atomic E-state index is 0.0417. The monoisotopic (exact) mass is 538 g/mol. The Bertz CT molecular complexity index is 975. The van der Waals surface area contributed by atoms with Gasteiger partial charge in [0, 0.05) is 42.2 Å². The zero-order chi connectivity index (χ0) is 24.2. The van der Waals surface area contributed by atoms with Gasteiger partial charge < -0.3 is 14.7 Å². The summed E-state index contributed by atoms with van der Waals surface area (Å²) in [5.74, 6) is 0.515. The number of nitrogens with zero attached hydrogens (tertiary/aromatic N) is 2. The lowest BCUT2D eigenvalue weighted by molar-refractivity contribution is -0.0109. The number of likely N-dealkylation sites (tertiary alicyclic amines) is 1. The van der Waals surface area contributed by atoms with E-state index >= 15 is 0 Å². The van der Waals surface area contributed by atoms with Gasteiger partial charge in [-0.15, -0.1) is 11.8 Å². The minimum Gasteiger partial charge on any atom is -0.487 e. The summed E-state index contributed by atoms with van der Waals surface area (Å²) in [5, 5.41) is 8.50. The molecule has 1 aromatic carbocycles. The first-order valence-corrected chi connectivity index (χ1v) is 13.0. The molecule has 4 rings (SSSR count). The molecule has 2 aliphatic rings. The van der Waals surface area contributed by atoms with Gasteiger partial charge in [-0.3, -0.25) is 4.79 Å². The summed E-state index contributed by atoms with van der Waals surface area (Å²) in [5.41, 5.74) is 1.14. The van der Waals surface area contributed by atoms with Crippen LogP contribution in [0, 0.1) is 5.82 Å². The first-order valence-electron chi connectivity index (χ1n) is 11.4. The minimum atomic E-state index is -0.257. The van der Waals surface area contributed by atoms with Crippen molar-refractivity contribution in [3.05, 3.63) is 52.0 Å². The summed E-state index contributed by atoms with van der Waals surface area (Å²) in [4.78, 5) is 20.3. The number of hydrogen-bond acceptors (Lipinski definition) is 5. The van der Waals surface area contributed by atoms with Crippen molar-refractivity contribution >= 4 is 33.6 Å². The molecule has 3 heterocycles. The molecule has 5 nitrogen and oxygen atoms in total. The predicted octanol–water partition coefficient (Wildman–Crippen LogP) is 5.87. The van der Waals surface area contributed by atoms with Crippen molar-refractivity contribution in [2.75, 3.05) is 13.1 Å². The van der Waals surface area contributed by atoms with E-state index in [4.69, 9.17) is 9.84 Å². The van der Waals surface area contributed by atoms with Crippen molar-refractivity contribution in [3.8, 4) is 5.75 Å². The second-order valence-electron chi connectivity index (χ2n) is 9.08. The molecule has 1 saturated heterocycles. The van der Waals surface area contributed by atoms with Crippen LogP contribution in [0.25, 0.3) is 0 Å². The van der Waals surface area contributed by atoms with Crippen molar-refractivity contribution in [2.24, 2.45) is 0 Å². The molecule has 33 heavy (non-hydrogen) atoms. The molecule has 0 aliphatic carbocycles. The van der Waals surface area contributed by atoms with Crippen molar-refractivity contribution in [3.63, 3.8) is 0 Å². The molecule has 0 unspecified atom stereocenters. The number of benzene rings is 1. The van der Waals surface area contributed by atoms with Crippen LogP contribution in [0.5, 0.6) is 5.75 Å². The van der Waals surface area contributed by atoms with Gasteiger partial charge in [0.05, 0.1) is 0 Å². The summed E-state index contributed by atoms with van der Waals surface area (Å²) < 4.78 is 20.4. The van der Waals surface area contributed by atoms with Gasteiger partial charge in [0.1, 0.15) is 27.5 Å². The van der Waals surface area contributed by atoms with E-state index in [2.05, 4.69) is 34.8 Å². The first-order chi connectivity index (χ1) is 15.6. The number of carbonyl (C=O) groups excluding carboxylic acids is 1. The van der Waals surface area contributed by atoms with E-state index in [1.165, 1.54) is 6.07 Å². The Morgan fingerprint density at radius 3 is 2.45 bits per heavy atom. The molecule has 2 aliphatic heterocycles. The quantitative estimate of drug-likeness (QED) is 0.391. The zero-order valence-electron chi connectivity index (χ0n) is 19.6. The fraction of sp³-hybridized carbons (Fsp3) is 0.520. The average molecular weight is 540 g/mol. The topological polar surface area (TPSA) is 62.7 Å². The van der Waals surface area contributed by atoms with Gasteiger partial charge in [0.15, 0.2) is 0 Å². The van der Waals surface area contributed by atoms with Gasteiger partial charge in [-0.05, 0) is 78.5 Å². The highest BCUT2D eigenvalue weighted by Crippen LogP contribution is 2.40. The number of pyridine rings is 1. The predicted molar refractivity (Wildman–Crippen MR) is 134 cm³/mol. The third-order valence-electron chi connectivity index (χ3n) is 5.56. The normalized spacial score (nSPS) is 16.8. The molecule has 1 N–H and O–H groups in total. The molecule has 0 bridgehead atoms. The molecule has 1 amide bonds. The molecule has 2 aromatic rings. The fourth-order valence-electron chi connectivity index (χ4n) is 4.00. The van der Waals surface area contributed by atoms with Gasteiger partial charge in [-0.1, -0.05) is 13.8 Å². The Morgan fingerprint density at radius 1 is 1.18 bits per heavy atom. The number of carbonyl (C=O) groups is 1. The van der Waals surface area contributed by atoms with Crippen LogP contribution < -0.4 is 4.74 Å². The van der Waals surface area contributed by atoms with Crippen LogP contribution in [0.4, 0.5) is 4.39 Å². The van der Waals surface area contributed by atoms with E-state index in [1.807, 2.05) is 17.0 Å². The summed E-state index contributed by atoms with van der Waals surface area (Å²) in [6, 6.07) is 8.50. The first kappa shape index (κ1) is 26.0. The van der Waals surface area contributed by atoms with Crippen LogP contribution in [0.3, 0.4) is 0 Å². The van der Waals surface area contributed by atoms with Gasteiger partial charge >= 0.3 is 0 Å². The molecule has 180 valence electrons. The Hall–Kier alpha value is -1.64. The maximum Gasteiger partial charge on any atom is 0.272 e. The summed E-state index contributed by atoms with van der Waals surface area (Å²) >= 11 is 5.21. The maximum atomic E-state index is 13.4. The maximum absolute atomic E-state index is 13.4. The highest BCUT2D eigenvalue weighted by molar-refractivity contribution is 9.10. The number of halogens is 2. The van der Waals surface area contributed by atoms with Crippen LogP contribution in [-0.4, -0.2) is 50.9 Å². The fourth-order valence-corrected chi connectivity index (χ4v) is 5.40. The van der Waals surface area contributed by atoms with Gasteiger partial charge in [0.25, 0.3) is 5.91 Å². The van der Waals surface area contributed by atoms with Gasteiger partial charge in [-0.25, -0.2) is 9.37 Å². The third kappa shape index (κ3) is 6.93. The lowest BCUT2D eigenvalue weighted by Gasteiger charge is -2.44. The summed E-state index contributed by atoms with van der Waals surface area (Å²) in [6.45, 7) is 8.97. The number of aliphatic hydroxyl groups excluding tert-OH is 1. The summed E-state index contributed by atoms with van der Waals surface area (Å²) in [7, 11) is 0. The van der Waals surface area contributed by atoms with Crippen LogP contribution in [0.2, 0.25) is 0 Å². The number of thioether (sulfide) groups is 1.